The first kappa shape index (κ1) is 78.8. The maximum atomic E-state index is 5.34. The lowest BCUT2D eigenvalue weighted by Gasteiger charge is -2.24. The zero-order valence-electron chi connectivity index (χ0n) is 75.4. The van der Waals surface area contributed by atoms with Crippen LogP contribution in [0.2, 0.25) is 12.1 Å². The van der Waals surface area contributed by atoms with Gasteiger partial charge in [0.2, 0.25) is 0 Å². The largest absolute Gasteiger partial charge is 0.292 e. The second-order valence-electron chi connectivity index (χ2n) is 39.0. The minimum atomic E-state index is -1.65. The molecular weight excluding hydrogens is 1620 g/mol. The molecule has 131 heavy (non-hydrogen) atoms. The third-order valence-electron chi connectivity index (χ3n) is 30.5. The van der Waals surface area contributed by atoms with Crippen molar-refractivity contribution in [3.8, 4) is 117 Å². The average Bonchev–Trinajstić information content (AvgIpc) is 1.71. The Bertz CT molecular complexity index is 8580. The molecule has 0 N–H and O–H groups in total. The van der Waals surface area contributed by atoms with Crippen LogP contribution in [0.3, 0.4) is 0 Å². The van der Waals surface area contributed by atoms with Crippen molar-refractivity contribution in [2.45, 2.75) is 103 Å². The summed E-state index contributed by atoms with van der Waals surface area (Å²) in [5, 5.41) is 19.8. The Labute approximate surface area is 770 Å². The van der Waals surface area contributed by atoms with Gasteiger partial charge in [0.15, 0.2) is 0 Å². The lowest BCUT2D eigenvalue weighted by atomic mass is 9.81. The highest BCUT2D eigenvalue weighted by Gasteiger charge is 2.48. The second kappa shape index (κ2) is 29.8. The topological polar surface area (TPSA) is 30.7 Å². The van der Waals surface area contributed by atoms with Gasteiger partial charge in [0.1, 0.15) is 18.9 Å². The first-order valence-electron chi connectivity index (χ1n) is 46.7. The number of hydrogen-bond acceptors (Lipinski definition) is 3. The van der Waals surface area contributed by atoms with Crippen molar-refractivity contribution >= 4 is 116 Å². The number of thiazole rings is 1. The normalized spacial score (nSPS) is 14.6. The zero-order valence-corrected chi connectivity index (χ0v) is 77.2. The Balaban J connectivity index is 0.000000106. The van der Waals surface area contributed by atoms with Crippen LogP contribution in [-0.2, 0) is 16.2 Å². The lowest BCUT2D eigenvalue weighted by molar-refractivity contribution is 0.660. The van der Waals surface area contributed by atoms with Gasteiger partial charge in [0.05, 0.1) is 21.3 Å². The summed E-state index contributed by atoms with van der Waals surface area (Å²) in [5.41, 5.74) is 40.5. The molecular formula is C126H97N3SSi. The van der Waals surface area contributed by atoms with E-state index in [2.05, 4.69) is 443 Å². The fourth-order valence-electron chi connectivity index (χ4n) is 24.4. The van der Waals surface area contributed by atoms with Crippen LogP contribution in [-0.4, -0.2) is 22.6 Å². The van der Waals surface area contributed by atoms with Crippen LogP contribution in [0.4, 0.5) is 0 Å². The average molecular weight is 1710 g/mol. The maximum absolute atomic E-state index is 5.34. The second-order valence-corrected chi connectivity index (χ2v) is 44.3. The molecule has 0 saturated carbocycles. The predicted octanol–water partition coefficient (Wildman–Crippen LogP) is 33.1. The molecule has 626 valence electrons. The van der Waals surface area contributed by atoms with Gasteiger partial charge in [-0.15, -0.1) is 11.3 Å². The van der Waals surface area contributed by atoms with E-state index in [1.807, 2.05) is 0 Å². The highest BCUT2D eigenvalue weighted by atomic mass is 32.1. The maximum Gasteiger partial charge on any atom is 0.146 e. The Morgan fingerprint density at radius 2 is 0.603 bits per heavy atom. The zero-order chi connectivity index (χ0) is 88.1. The molecule has 0 atom stereocenters. The van der Waals surface area contributed by atoms with Crippen molar-refractivity contribution in [2.75, 3.05) is 0 Å². The van der Waals surface area contributed by atoms with Crippen molar-refractivity contribution in [3.05, 3.63) is 426 Å². The number of para-hydroxylation sites is 4. The van der Waals surface area contributed by atoms with Gasteiger partial charge in [-0.2, -0.15) is 0 Å². The molecule has 0 bridgehead atoms. The van der Waals surface area contributed by atoms with E-state index in [9.17, 15) is 0 Å². The fourth-order valence-corrected chi connectivity index (χ4v) is 31.0. The van der Waals surface area contributed by atoms with Gasteiger partial charge in [0.25, 0.3) is 0 Å². The quantitative estimate of drug-likeness (QED) is 0.118. The van der Waals surface area contributed by atoms with Crippen LogP contribution in [0.5, 0.6) is 0 Å². The molecule has 0 amide bonds. The standard InChI is InChI=1S/C46H38Si.C43H32N2.C37H27NS/c1-29-18-21-36-39(26-29)45(30-19-22-41-37(27-30)32-12-6-8-16-40(32)46(41,2)3)35-15-5-4-14-34(35)44(36)31-20-23-43-38(28-31)33-13-7-9-17-42(33)47(43)24-10-11-25-47;1-27-21-23-33-35(25-27)40(28-22-24-37-34(26-28)30-15-9-10-18-36(30)43(37,2)3)31-16-7-8-17-32(31)41(33)42-44-38-19-11-12-20-39(38)45(42)29-13-5-4-6-14-29;1-22-16-18-27-29(20-22)34(23-17-19-31-28(21-23)24-10-6-7-13-30(24)37(31,2)3)25-11-4-5-12-26(25)35(27)36-38-32-14-8-9-15-33(32)39-36/h4-9,12-23,26-28H,10-11,24-25H2,1-3H3;4-26H,1-3H3;4-21H,1-3H3. The Morgan fingerprint density at radius 3 is 1.08 bits per heavy atom. The number of benzene rings is 20. The molecule has 0 unspecified atom stereocenters. The van der Waals surface area contributed by atoms with Crippen LogP contribution >= 0.6 is 11.3 Å². The van der Waals surface area contributed by atoms with Crippen molar-refractivity contribution in [1.82, 2.24) is 14.5 Å². The molecule has 2 aliphatic heterocycles. The highest BCUT2D eigenvalue weighted by Crippen LogP contribution is 2.57. The first-order chi connectivity index (χ1) is 64.0. The number of nitrogens with zero attached hydrogens (tertiary/aromatic N) is 3. The molecule has 1 fully saturated rings. The van der Waals surface area contributed by atoms with Crippen LogP contribution in [0.1, 0.15) is 104 Å². The summed E-state index contributed by atoms with van der Waals surface area (Å²) in [6.07, 6.45) is 2.76. The third kappa shape index (κ3) is 12.0. The van der Waals surface area contributed by atoms with Gasteiger partial charge >= 0.3 is 0 Å². The van der Waals surface area contributed by atoms with E-state index in [0.29, 0.717) is 0 Å². The molecule has 1 saturated heterocycles. The predicted molar refractivity (Wildman–Crippen MR) is 561 cm³/mol. The third-order valence-corrected chi connectivity index (χ3v) is 36.9. The van der Waals surface area contributed by atoms with Gasteiger partial charge in [0, 0.05) is 33.1 Å². The van der Waals surface area contributed by atoms with E-state index in [0.717, 1.165) is 38.6 Å². The van der Waals surface area contributed by atoms with E-state index in [1.54, 1.807) is 21.7 Å². The molecule has 3 nitrogen and oxygen atoms in total. The lowest BCUT2D eigenvalue weighted by Crippen LogP contribution is -2.52. The SMILES string of the molecule is Cc1ccc2c(-c3ccc4c(c3)-c3ccccc3[Si]43CCCC3)c3ccccc3c(-c3ccc4c(c3)-c3ccccc3C4(C)C)c2c1.Cc1ccc2c(-c3nc4ccccc4n3-c3ccccc3)c3ccccc3c(-c3ccc4c(c3)-c3ccccc3C4(C)C)c2c1.Cc1ccc2c(-c3nc4ccccc4s3)c3ccccc3c(-c3ccc4c(c3)-c3ccccc3C4(C)C)c2c1. The van der Waals surface area contributed by atoms with E-state index >= 15 is 0 Å². The molecule has 3 aliphatic carbocycles. The van der Waals surface area contributed by atoms with Gasteiger partial charge in [-0.05, 0) is 291 Å². The van der Waals surface area contributed by atoms with Crippen molar-refractivity contribution in [1.29, 1.82) is 0 Å². The van der Waals surface area contributed by atoms with E-state index in [4.69, 9.17) is 9.97 Å². The minimum Gasteiger partial charge on any atom is -0.292 e. The van der Waals surface area contributed by atoms with Crippen LogP contribution in [0.15, 0.2) is 376 Å². The molecule has 22 aromatic rings. The molecule has 5 aliphatic rings. The summed E-state index contributed by atoms with van der Waals surface area (Å²) in [6.45, 7) is 20.7. The van der Waals surface area contributed by atoms with Crippen molar-refractivity contribution in [2.24, 2.45) is 0 Å². The summed E-state index contributed by atoms with van der Waals surface area (Å²) >= 11 is 1.78. The first-order valence-corrected chi connectivity index (χ1v) is 49.9. The highest BCUT2D eigenvalue weighted by molar-refractivity contribution is 7.21. The minimum absolute atomic E-state index is 0.00115. The van der Waals surface area contributed by atoms with E-state index in [-0.39, 0.29) is 16.2 Å². The van der Waals surface area contributed by atoms with E-state index < -0.39 is 8.07 Å². The number of fused-ring (bicyclic) bond motifs is 22. The molecule has 20 aromatic carbocycles. The summed E-state index contributed by atoms with van der Waals surface area (Å²) in [5.74, 6) is 0.962. The van der Waals surface area contributed by atoms with Crippen molar-refractivity contribution < 1.29 is 0 Å². The molecule has 4 heterocycles. The van der Waals surface area contributed by atoms with Crippen LogP contribution in [0, 0.1) is 20.8 Å². The summed E-state index contributed by atoms with van der Waals surface area (Å²) in [6, 6.07) is 143. The summed E-state index contributed by atoms with van der Waals surface area (Å²) in [4.78, 5) is 10.5. The number of aryl methyl sites for hydroxylation is 3. The molecule has 2 aromatic heterocycles. The van der Waals surface area contributed by atoms with Gasteiger partial charge in [-0.25, -0.2) is 9.97 Å². The Kier molecular flexibility index (Phi) is 17.9. The molecule has 27 rings (SSSR count). The number of hydrogen-bond donors (Lipinski definition) is 0. The Hall–Kier alpha value is -14.5. The van der Waals surface area contributed by atoms with Crippen LogP contribution in [0.25, 0.3) is 203 Å². The molecule has 1 spiro atoms. The summed E-state index contributed by atoms with van der Waals surface area (Å²) in [7, 11) is -1.65. The molecule has 0 radical (unpaired) electrons. The molecule has 5 heteroatoms. The monoisotopic (exact) mass is 1710 g/mol. The van der Waals surface area contributed by atoms with E-state index in [1.165, 1.54) is 239 Å². The number of aromatic nitrogens is 3. The fraction of sp³-hybridized carbons (Fsp3) is 0.127. The van der Waals surface area contributed by atoms with Crippen LogP contribution < -0.4 is 10.4 Å². The van der Waals surface area contributed by atoms with Gasteiger partial charge in [-0.1, -0.05) is 387 Å². The summed E-state index contributed by atoms with van der Waals surface area (Å²) < 4.78 is 3.55. The van der Waals surface area contributed by atoms with Gasteiger partial charge in [-0.3, -0.25) is 4.57 Å². The van der Waals surface area contributed by atoms with Crippen molar-refractivity contribution in [3.63, 3.8) is 0 Å². The Morgan fingerprint density at radius 1 is 0.260 bits per heavy atom. The number of rotatable bonds is 7. The van der Waals surface area contributed by atoms with Gasteiger partial charge < -0.3 is 0 Å². The number of imidazole rings is 1. The smallest absolute Gasteiger partial charge is 0.146 e.